The molecule has 0 aliphatic rings. The summed E-state index contributed by atoms with van der Waals surface area (Å²) in [5.74, 6) is 0.830. The lowest BCUT2D eigenvalue weighted by molar-refractivity contribution is 0.398. The quantitative estimate of drug-likeness (QED) is 0.691. The van der Waals surface area contributed by atoms with Gasteiger partial charge in [-0.2, -0.15) is 0 Å². The minimum absolute atomic E-state index is 0.460. The molecule has 1 heteroatoms. The van der Waals surface area contributed by atoms with Gasteiger partial charge < -0.3 is 5.32 Å². The van der Waals surface area contributed by atoms with E-state index in [1.165, 1.54) is 36.8 Å². The molecule has 1 aromatic carbocycles. The Morgan fingerprint density at radius 2 is 1.89 bits per heavy atom. The molecule has 0 aromatic heterocycles. The van der Waals surface area contributed by atoms with E-state index >= 15 is 0 Å². The number of nitrogens with one attached hydrogen (secondary N) is 1. The van der Waals surface area contributed by atoms with Gasteiger partial charge in [-0.25, -0.2) is 0 Å². The SMILES string of the molecule is CCCCC(CC)CN[C@H](C)c1ccccc1C. The van der Waals surface area contributed by atoms with Crippen LogP contribution in [0.5, 0.6) is 0 Å². The number of unbranched alkanes of at least 4 members (excludes halogenated alkanes) is 1. The molecule has 0 aliphatic heterocycles. The Kier molecular flexibility index (Phi) is 7.04. The lowest BCUT2D eigenvalue weighted by atomic mass is 9.97. The minimum Gasteiger partial charge on any atom is -0.310 e. The van der Waals surface area contributed by atoms with Crippen molar-refractivity contribution in [2.24, 2.45) is 5.92 Å². The van der Waals surface area contributed by atoms with Crippen molar-refractivity contribution in [3.63, 3.8) is 0 Å². The fourth-order valence-electron chi connectivity index (χ4n) is 2.47. The van der Waals surface area contributed by atoms with E-state index in [0.717, 1.165) is 12.5 Å². The molecule has 0 radical (unpaired) electrons. The van der Waals surface area contributed by atoms with Crippen molar-refractivity contribution < 1.29 is 0 Å². The molecule has 2 atom stereocenters. The standard InChI is InChI=1S/C17H29N/c1-5-7-11-16(6-2)13-18-15(4)17-12-9-8-10-14(17)3/h8-10,12,15-16,18H,5-7,11,13H2,1-4H3/t15-,16?/m1/s1. The highest BCUT2D eigenvalue weighted by molar-refractivity contribution is 5.28. The Labute approximate surface area is 113 Å². The summed E-state index contributed by atoms with van der Waals surface area (Å²) in [7, 11) is 0. The van der Waals surface area contributed by atoms with Crippen LogP contribution in [0.2, 0.25) is 0 Å². The van der Waals surface area contributed by atoms with Crippen LogP contribution in [0, 0.1) is 12.8 Å². The van der Waals surface area contributed by atoms with E-state index in [2.05, 4.69) is 57.3 Å². The molecule has 1 nitrogen and oxygen atoms in total. The van der Waals surface area contributed by atoms with Gasteiger partial charge in [0.1, 0.15) is 0 Å². The van der Waals surface area contributed by atoms with Gasteiger partial charge in [0, 0.05) is 6.04 Å². The zero-order chi connectivity index (χ0) is 13.4. The molecule has 102 valence electrons. The zero-order valence-electron chi connectivity index (χ0n) is 12.5. The molecule has 1 aromatic rings. The van der Waals surface area contributed by atoms with Gasteiger partial charge in [-0.3, -0.25) is 0 Å². The van der Waals surface area contributed by atoms with E-state index in [1.807, 2.05) is 0 Å². The van der Waals surface area contributed by atoms with E-state index in [9.17, 15) is 0 Å². The predicted molar refractivity (Wildman–Crippen MR) is 80.9 cm³/mol. The zero-order valence-corrected chi connectivity index (χ0v) is 12.5. The number of aryl methyl sites for hydroxylation is 1. The van der Waals surface area contributed by atoms with Crippen molar-refractivity contribution in [1.29, 1.82) is 0 Å². The lowest BCUT2D eigenvalue weighted by Crippen LogP contribution is -2.26. The van der Waals surface area contributed by atoms with Gasteiger partial charge in [0.25, 0.3) is 0 Å². The highest BCUT2D eigenvalue weighted by atomic mass is 14.9. The molecule has 0 saturated carbocycles. The monoisotopic (exact) mass is 247 g/mol. The third-order valence-electron chi connectivity index (χ3n) is 3.91. The fraction of sp³-hybridized carbons (Fsp3) is 0.647. The van der Waals surface area contributed by atoms with Crippen LogP contribution in [0.3, 0.4) is 0 Å². The smallest absolute Gasteiger partial charge is 0.0294 e. The lowest BCUT2D eigenvalue weighted by Gasteiger charge is -2.21. The second kappa shape index (κ2) is 8.31. The van der Waals surface area contributed by atoms with Crippen LogP contribution < -0.4 is 5.32 Å². The second-order valence-corrected chi connectivity index (χ2v) is 5.40. The summed E-state index contributed by atoms with van der Waals surface area (Å²) in [5.41, 5.74) is 2.82. The van der Waals surface area contributed by atoms with Gasteiger partial charge in [-0.05, 0) is 43.9 Å². The van der Waals surface area contributed by atoms with E-state index in [-0.39, 0.29) is 0 Å². The molecule has 0 aliphatic carbocycles. The van der Waals surface area contributed by atoms with Crippen molar-refractivity contribution >= 4 is 0 Å². The summed E-state index contributed by atoms with van der Waals surface area (Å²) >= 11 is 0. The first kappa shape index (κ1) is 15.2. The van der Waals surface area contributed by atoms with Gasteiger partial charge >= 0.3 is 0 Å². The fourth-order valence-corrected chi connectivity index (χ4v) is 2.47. The molecule has 0 spiro atoms. The molecule has 0 fully saturated rings. The van der Waals surface area contributed by atoms with Gasteiger partial charge in [-0.15, -0.1) is 0 Å². The van der Waals surface area contributed by atoms with Gasteiger partial charge in [0.2, 0.25) is 0 Å². The summed E-state index contributed by atoms with van der Waals surface area (Å²) < 4.78 is 0. The maximum absolute atomic E-state index is 3.70. The Morgan fingerprint density at radius 3 is 2.50 bits per heavy atom. The molecule has 18 heavy (non-hydrogen) atoms. The predicted octanol–water partition coefficient (Wildman–Crippen LogP) is 4.86. The number of benzene rings is 1. The van der Waals surface area contributed by atoms with Crippen LogP contribution in [0.4, 0.5) is 0 Å². The van der Waals surface area contributed by atoms with Gasteiger partial charge in [0.15, 0.2) is 0 Å². The third kappa shape index (κ3) is 4.81. The Hall–Kier alpha value is -0.820. The van der Waals surface area contributed by atoms with Crippen LogP contribution >= 0.6 is 0 Å². The average molecular weight is 247 g/mol. The van der Waals surface area contributed by atoms with Crippen LogP contribution in [-0.2, 0) is 0 Å². The molecule has 0 bridgehead atoms. The summed E-state index contributed by atoms with van der Waals surface area (Å²) in [4.78, 5) is 0. The topological polar surface area (TPSA) is 12.0 Å². The Balaban J connectivity index is 2.44. The second-order valence-electron chi connectivity index (χ2n) is 5.40. The largest absolute Gasteiger partial charge is 0.310 e. The molecule has 1 rings (SSSR count). The van der Waals surface area contributed by atoms with Crippen LogP contribution in [0.1, 0.15) is 63.6 Å². The molecular weight excluding hydrogens is 218 g/mol. The van der Waals surface area contributed by atoms with Crippen molar-refractivity contribution in [3.05, 3.63) is 35.4 Å². The average Bonchev–Trinajstić information content (AvgIpc) is 2.39. The van der Waals surface area contributed by atoms with E-state index in [1.54, 1.807) is 0 Å². The molecule has 1 unspecified atom stereocenters. The number of hydrogen-bond acceptors (Lipinski definition) is 1. The first-order valence-corrected chi connectivity index (χ1v) is 7.47. The van der Waals surface area contributed by atoms with E-state index < -0.39 is 0 Å². The van der Waals surface area contributed by atoms with Gasteiger partial charge in [0.05, 0.1) is 0 Å². The molecule has 0 heterocycles. The maximum Gasteiger partial charge on any atom is 0.0294 e. The molecule has 1 N–H and O–H groups in total. The van der Waals surface area contributed by atoms with Crippen LogP contribution in [0.25, 0.3) is 0 Å². The third-order valence-corrected chi connectivity index (χ3v) is 3.91. The Bertz CT molecular complexity index is 332. The van der Waals surface area contributed by atoms with Crippen molar-refractivity contribution in [1.82, 2.24) is 5.32 Å². The summed E-state index contributed by atoms with van der Waals surface area (Å²) in [6.45, 7) is 10.2. The number of hydrogen-bond donors (Lipinski definition) is 1. The normalized spacial score (nSPS) is 14.4. The molecule has 0 saturated heterocycles. The van der Waals surface area contributed by atoms with Crippen LogP contribution in [-0.4, -0.2) is 6.54 Å². The first-order valence-electron chi connectivity index (χ1n) is 7.47. The highest BCUT2D eigenvalue weighted by Gasteiger charge is 2.10. The summed E-state index contributed by atoms with van der Waals surface area (Å²) in [5, 5.41) is 3.70. The van der Waals surface area contributed by atoms with Crippen molar-refractivity contribution in [2.45, 2.75) is 59.4 Å². The Morgan fingerprint density at radius 1 is 1.17 bits per heavy atom. The maximum atomic E-state index is 3.70. The summed E-state index contributed by atoms with van der Waals surface area (Å²) in [6, 6.07) is 9.14. The van der Waals surface area contributed by atoms with E-state index in [0.29, 0.717) is 6.04 Å². The highest BCUT2D eigenvalue weighted by Crippen LogP contribution is 2.18. The van der Waals surface area contributed by atoms with E-state index in [4.69, 9.17) is 0 Å². The van der Waals surface area contributed by atoms with Crippen LogP contribution in [0.15, 0.2) is 24.3 Å². The first-order chi connectivity index (χ1) is 8.69. The van der Waals surface area contributed by atoms with Crippen molar-refractivity contribution in [3.8, 4) is 0 Å². The number of rotatable bonds is 8. The molecular formula is C17H29N. The van der Waals surface area contributed by atoms with Gasteiger partial charge in [-0.1, -0.05) is 57.4 Å². The molecule has 0 amide bonds. The van der Waals surface area contributed by atoms with Crippen molar-refractivity contribution in [2.75, 3.05) is 6.54 Å². The minimum atomic E-state index is 0.460. The summed E-state index contributed by atoms with van der Waals surface area (Å²) in [6.07, 6.45) is 5.32.